The normalized spacial score (nSPS) is 32.8. The topological polar surface area (TPSA) is 69.0 Å². The zero-order valence-corrected chi connectivity index (χ0v) is 20.5. The molecule has 34 heavy (non-hydrogen) atoms. The summed E-state index contributed by atoms with van der Waals surface area (Å²) in [6.45, 7) is 3.36. The van der Waals surface area contributed by atoms with Gasteiger partial charge in [-0.15, -0.1) is 10.2 Å². The van der Waals surface area contributed by atoms with Gasteiger partial charge in [0.25, 0.3) is 0 Å². The van der Waals surface area contributed by atoms with Crippen molar-refractivity contribution in [2.45, 2.75) is 86.9 Å². The number of thioether (sulfide) groups is 1. The first-order valence-corrected chi connectivity index (χ1v) is 13.6. The third-order valence-electron chi connectivity index (χ3n) is 8.31. The molecule has 5 aliphatic rings. The molecule has 4 aliphatic carbocycles. The Morgan fingerprint density at radius 2 is 1.85 bits per heavy atom. The van der Waals surface area contributed by atoms with Crippen LogP contribution in [0.4, 0.5) is 4.39 Å². The van der Waals surface area contributed by atoms with Crippen LogP contribution >= 0.6 is 11.8 Å². The first-order chi connectivity index (χ1) is 16.5. The molecule has 1 aromatic carbocycles. The van der Waals surface area contributed by atoms with E-state index in [1.165, 1.54) is 43.2 Å². The van der Waals surface area contributed by atoms with Gasteiger partial charge in [-0.1, -0.05) is 11.8 Å². The average molecular weight is 485 g/mol. The van der Waals surface area contributed by atoms with E-state index in [2.05, 4.69) is 15.5 Å². The lowest BCUT2D eigenvalue weighted by Crippen LogP contribution is -2.60. The molecule has 4 saturated carbocycles. The Balaban J connectivity index is 1.20. The van der Waals surface area contributed by atoms with E-state index in [0.29, 0.717) is 17.5 Å². The number of aromatic nitrogens is 3. The van der Waals surface area contributed by atoms with Gasteiger partial charge in [0.1, 0.15) is 5.82 Å². The van der Waals surface area contributed by atoms with Gasteiger partial charge in [0, 0.05) is 17.7 Å². The molecule has 1 aliphatic heterocycles. The Kier molecular flexibility index (Phi) is 5.92. The molecule has 182 valence electrons. The van der Waals surface area contributed by atoms with Crippen LogP contribution < -0.4 is 5.32 Å². The van der Waals surface area contributed by atoms with E-state index >= 15 is 0 Å². The molecule has 1 amide bonds. The number of amides is 1. The van der Waals surface area contributed by atoms with Crippen LogP contribution in [0.1, 0.15) is 58.3 Å². The molecule has 5 fully saturated rings. The van der Waals surface area contributed by atoms with Gasteiger partial charge in [0.2, 0.25) is 5.91 Å². The fourth-order valence-corrected chi connectivity index (χ4v) is 8.04. The Labute approximate surface area is 204 Å². The molecular weight excluding hydrogens is 451 g/mol. The van der Waals surface area contributed by atoms with Gasteiger partial charge < -0.3 is 10.1 Å². The predicted octanol–water partition coefficient (Wildman–Crippen LogP) is 4.83. The van der Waals surface area contributed by atoms with Gasteiger partial charge in [0.15, 0.2) is 11.0 Å². The third kappa shape index (κ3) is 4.39. The summed E-state index contributed by atoms with van der Waals surface area (Å²) in [5.41, 5.74) is 0.815. The van der Waals surface area contributed by atoms with Crippen LogP contribution in [-0.4, -0.2) is 44.2 Å². The van der Waals surface area contributed by atoms with Crippen LogP contribution in [0.25, 0.3) is 11.4 Å². The molecule has 8 heteroatoms. The fourth-order valence-electron chi connectivity index (χ4n) is 7.18. The first-order valence-electron chi connectivity index (χ1n) is 12.8. The van der Waals surface area contributed by atoms with Crippen molar-refractivity contribution >= 4 is 17.7 Å². The summed E-state index contributed by atoms with van der Waals surface area (Å²) >= 11 is 1.46. The highest BCUT2D eigenvalue weighted by Gasteiger charge is 2.51. The summed E-state index contributed by atoms with van der Waals surface area (Å²) in [5, 5.41) is 12.8. The van der Waals surface area contributed by atoms with E-state index < -0.39 is 0 Å². The number of carbonyl (C=O) groups excluding carboxylic acids is 1. The second-order valence-electron chi connectivity index (χ2n) is 11.0. The SMILES string of the molecule is CC(Sc1nnc(-c2ccc(F)cc2)n1CC1CCCO1)C(=O)NC12CC3CC(CC(C3)C1)C2. The molecule has 2 aromatic rings. The lowest BCUT2D eigenvalue weighted by atomic mass is 9.53. The molecule has 2 atom stereocenters. The molecule has 2 unspecified atom stereocenters. The highest BCUT2D eigenvalue weighted by atomic mass is 32.2. The Hall–Kier alpha value is -1.93. The van der Waals surface area contributed by atoms with E-state index in [1.807, 2.05) is 11.5 Å². The Morgan fingerprint density at radius 1 is 1.18 bits per heavy atom. The molecule has 6 nitrogen and oxygen atoms in total. The van der Waals surface area contributed by atoms with E-state index in [-0.39, 0.29) is 28.6 Å². The highest BCUT2D eigenvalue weighted by Crippen LogP contribution is 2.55. The van der Waals surface area contributed by atoms with Crippen LogP contribution in [0.5, 0.6) is 0 Å². The van der Waals surface area contributed by atoms with Crippen molar-refractivity contribution in [3.05, 3.63) is 30.1 Å². The second-order valence-corrected chi connectivity index (χ2v) is 12.3. The van der Waals surface area contributed by atoms with Crippen molar-refractivity contribution < 1.29 is 13.9 Å². The van der Waals surface area contributed by atoms with Crippen LogP contribution in [0.3, 0.4) is 0 Å². The smallest absolute Gasteiger partial charge is 0.233 e. The predicted molar refractivity (Wildman–Crippen MR) is 129 cm³/mol. The number of rotatable bonds is 7. The second kappa shape index (κ2) is 8.94. The number of benzene rings is 1. The summed E-state index contributed by atoms with van der Waals surface area (Å²) in [5.74, 6) is 2.89. The van der Waals surface area contributed by atoms with Crippen molar-refractivity contribution in [3.8, 4) is 11.4 Å². The maximum Gasteiger partial charge on any atom is 0.233 e. The largest absolute Gasteiger partial charge is 0.376 e. The van der Waals surface area contributed by atoms with Crippen LogP contribution in [-0.2, 0) is 16.1 Å². The van der Waals surface area contributed by atoms with Gasteiger partial charge in [-0.2, -0.15) is 0 Å². The van der Waals surface area contributed by atoms with E-state index in [4.69, 9.17) is 4.74 Å². The minimum Gasteiger partial charge on any atom is -0.376 e. The van der Waals surface area contributed by atoms with Crippen LogP contribution in [0, 0.1) is 23.6 Å². The molecule has 4 bridgehead atoms. The minimum absolute atomic E-state index is 0.00524. The number of hydrogen-bond donors (Lipinski definition) is 1. The Bertz CT molecular complexity index is 1010. The van der Waals surface area contributed by atoms with Crippen LogP contribution in [0.2, 0.25) is 0 Å². The summed E-state index contributed by atoms with van der Waals surface area (Å²) in [7, 11) is 0. The number of ether oxygens (including phenoxy) is 1. The average Bonchev–Trinajstić information content (AvgIpc) is 3.44. The van der Waals surface area contributed by atoms with Crippen molar-refractivity contribution in [2.75, 3.05) is 6.61 Å². The molecule has 0 radical (unpaired) electrons. The van der Waals surface area contributed by atoms with Gasteiger partial charge in [-0.05, 0) is 100 Å². The maximum absolute atomic E-state index is 13.5. The van der Waals surface area contributed by atoms with Crippen LogP contribution in [0.15, 0.2) is 29.4 Å². The molecule has 1 N–H and O–H groups in total. The number of hydrogen-bond acceptors (Lipinski definition) is 5. The number of carbonyl (C=O) groups is 1. The van der Waals surface area contributed by atoms with Gasteiger partial charge in [-0.25, -0.2) is 4.39 Å². The highest BCUT2D eigenvalue weighted by molar-refractivity contribution is 8.00. The number of nitrogens with zero attached hydrogens (tertiary/aromatic N) is 3. The fraction of sp³-hybridized carbons (Fsp3) is 0.654. The monoisotopic (exact) mass is 484 g/mol. The van der Waals surface area contributed by atoms with Gasteiger partial charge in [-0.3, -0.25) is 9.36 Å². The van der Waals surface area contributed by atoms with E-state index in [0.717, 1.165) is 62.0 Å². The summed E-state index contributed by atoms with van der Waals surface area (Å²) in [4.78, 5) is 13.3. The van der Waals surface area contributed by atoms with Crippen molar-refractivity contribution in [2.24, 2.45) is 17.8 Å². The quantitative estimate of drug-likeness (QED) is 0.570. The third-order valence-corrected chi connectivity index (χ3v) is 9.39. The molecule has 0 spiro atoms. The van der Waals surface area contributed by atoms with Gasteiger partial charge in [0.05, 0.1) is 17.9 Å². The maximum atomic E-state index is 13.5. The lowest BCUT2D eigenvalue weighted by molar-refractivity contribution is -0.126. The summed E-state index contributed by atoms with van der Waals surface area (Å²) < 4.78 is 21.4. The molecular formula is C26H33FN4O2S. The van der Waals surface area contributed by atoms with Crippen molar-refractivity contribution in [3.63, 3.8) is 0 Å². The van der Waals surface area contributed by atoms with E-state index in [1.54, 1.807) is 12.1 Å². The zero-order chi connectivity index (χ0) is 23.3. The molecule has 2 heterocycles. The van der Waals surface area contributed by atoms with Crippen molar-refractivity contribution in [1.29, 1.82) is 0 Å². The number of halogens is 1. The first kappa shape index (κ1) is 22.5. The zero-order valence-electron chi connectivity index (χ0n) is 19.7. The molecule has 1 saturated heterocycles. The minimum atomic E-state index is -0.279. The Morgan fingerprint density at radius 3 is 2.47 bits per heavy atom. The lowest BCUT2D eigenvalue weighted by Gasteiger charge is -2.57. The number of nitrogens with one attached hydrogen (secondary N) is 1. The standard InChI is InChI=1S/C26H33FN4O2S/c1-16(24(32)28-26-12-17-9-18(13-26)11-19(10-17)14-26)34-25-30-29-23(20-4-6-21(27)7-5-20)31(25)15-22-3-2-8-33-22/h4-7,16-19,22H,2-3,8-15H2,1H3,(H,28,32). The molecule has 1 aromatic heterocycles. The van der Waals surface area contributed by atoms with Crippen molar-refractivity contribution in [1.82, 2.24) is 20.1 Å². The summed E-state index contributed by atoms with van der Waals surface area (Å²) in [6.07, 6.45) is 9.65. The van der Waals surface area contributed by atoms with E-state index in [9.17, 15) is 9.18 Å². The summed E-state index contributed by atoms with van der Waals surface area (Å²) in [6, 6.07) is 6.33. The van der Waals surface area contributed by atoms with Gasteiger partial charge >= 0.3 is 0 Å². The molecule has 7 rings (SSSR count).